The van der Waals surface area contributed by atoms with Gasteiger partial charge in [0, 0.05) is 4.47 Å². The maximum Gasteiger partial charge on any atom is 0.414 e. The van der Waals surface area contributed by atoms with Crippen LogP contribution < -0.4 is 5.32 Å². The minimum absolute atomic E-state index is 0.188. The predicted octanol–water partition coefficient (Wildman–Crippen LogP) is 3.46. The van der Waals surface area contributed by atoms with Crippen molar-refractivity contribution in [1.29, 1.82) is 0 Å². The van der Waals surface area contributed by atoms with Crippen molar-refractivity contribution in [1.82, 2.24) is 9.97 Å². The van der Waals surface area contributed by atoms with Crippen LogP contribution in [-0.4, -0.2) is 34.7 Å². The molecule has 1 aromatic carbocycles. The Morgan fingerprint density at radius 1 is 1.32 bits per heavy atom. The van der Waals surface area contributed by atoms with Gasteiger partial charge in [-0.05, 0) is 32.9 Å². The third-order valence-electron chi connectivity index (χ3n) is 2.58. The summed E-state index contributed by atoms with van der Waals surface area (Å²) in [5, 5.41) is 2.50. The lowest BCUT2D eigenvalue weighted by atomic mass is 10.2. The molecule has 1 amide bonds. The summed E-state index contributed by atoms with van der Waals surface area (Å²) in [6, 6.07) is 3.35. The highest BCUT2D eigenvalue weighted by Crippen LogP contribution is 2.25. The van der Waals surface area contributed by atoms with Gasteiger partial charge >= 0.3 is 12.1 Å². The van der Waals surface area contributed by atoms with Crippen molar-refractivity contribution in [2.45, 2.75) is 26.4 Å². The van der Waals surface area contributed by atoms with E-state index in [4.69, 9.17) is 9.47 Å². The van der Waals surface area contributed by atoms with Crippen molar-refractivity contribution in [2.75, 3.05) is 12.4 Å². The zero-order valence-corrected chi connectivity index (χ0v) is 14.2. The molecule has 0 atom stereocenters. The van der Waals surface area contributed by atoms with E-state index < -0.39 is 17.7 Å². The molecule has 0 radical (unpaired) electrons. The lowest BCUT2D eigenvalue weighted by Crippen LogP contribution is -2.27. The van der Waals surface area contributed by atoms with Crippen LogP contribution in [0.5, 0.6) is 0 Å². The fourth-order valence-corrected chi connectivity index (χ4v) is 2.27. The number of imidazole rings is 1. The molecular formula is C14H16BrN3O4. The molecule has 7 nitrogen and oxygen atoms in total. The van der Waals surface area contributed by atoms with Crippen molar-refractivity contribution < 1.29 is 19.1 Å². The van der Waals surface area contributed by atoms with E-state index in [1.165, 1.54) is 7.11 Å². The average Bonchev–Trinajstić information content (AvgIpc) is 2.76. The third kappa shape index (κ3) is 3.76. The Morgan fingerprint density at radius 3 is 2.59 bits per heavy atom. The smallest absolute Gasteiger partial charge is 0.414 e. The van der Waals surface area contributed by atoms with E-state index in [0.717, 1.165) is 0 Å². The molecule has 0 aliphatic carbocycles. The number of benzene rings is 1. The van der Waals surface area contributed by atoms with Crippen molar-refractivity contribution in [3.05, 3.63) is 22.2 Å². The number of amides is 1. The minimum atomic E-state index is -0.634. The molecule has 1 heterocycles. The van der Waals surface area contributed by atoms with Crippen LogP contribution >= 0.6 is 15.9 Å². The van der Waals surface area contributed by atoms with Gasteiger partial charge < -0.3 is 14.5 Å². The van der Waals surface area contributed by atoms with Gasteiger partial charge in [0.2, 0.25) is 5.95 Å². The Hall–Kier alpha value is -2.09. The summed E-state index contributed by atoms with van der Waals surface area (Å²) in [6.45, 7) is 5.28. The van der Waals surface area contributed by atoms with Crippen LogP contribution in [0.1, 0.15) is 31.1 Å². The number of methoxy groups -OCH3 is 1. The van der Waals surface area contributed by atoms with E-state index in [2.05, 4.69) is 31.2 Å². The number of nitrogens with zero attached hydrogens (tertiary/aromatic N) is 1. The van der Waals surface area contributed by atoms with E-state index in [-0.39, 0.29) is 5.95 Å². The van der Waals surface area contributed by atoms with Crippen molar-refractivity contribution >= 4 is 45.0 Å². The molecule has 0 bridgehead atoms. The molecule has 0 spiro atoms. The number of halogens is 1. The SMILES string of the molecule is COC(=O)c1cc(Br)cc2[nH]c(NC(=O)OC(C)(C)C)nc12. The molecule has 0 aliphatic heterocycles. The number of aromatic nitrogens is 2. The second-order valence-corrected chi connectivity index (χ2v) is 6.47. The molecule has 22 heavy (non-hydrogen) atoms. The van der Waals surface area contributed by atoms with Gasteiger partial charge in [-0.15, -0.1) is 0 Å². The Balaban J connectivity index is 2.34. The number of anilines is 1. The van der Waals surface area contributed by atoms with Crippen LogP contribution in [0.4, 0.5) is 10.7 Å². The molecule has 2 aromatic rings. The van der Waals surface area contributed by atoms with Crippen LogP contribution in [0.25, 0.3) is 11.0 Å². The monoisotopic (exact) mass is 369 g/mol. The van der Waals surface area contributed by atoms with E-state index in [1.807, 2.05) is 0 Å². The van der Waals surface area contributed by atoms with Gasteiger partial charge in [-0.3, -0.25) is 5.32 Å². The largest absolute Gasteiger partial charge is 0.465 e. The number of aromatic amines is 1. The van der Waals surface area contributed by atoms with Crippen molar-refractivity contribution in [3.8, 4) is 0 Å². The first-order chi connectivity index (χ1) is 10.2. The van der Waals surface area contributed by atoms with Crippen LogP contribution in [-0.2, 0) is 9.47 Å². The van der Waals surface area contributed by atoms with Gasteiger partial charge in [0.1, 0.15) is 11.1 Å². The summed E-state index contributed by atoms with van der Waals surface area (Å²) >= 11 is 3.31. The lowest BCUT2D eigenvalue weighted by Gasteiger charge is -2.18. The topological polar surface area (TPSA) is 93.3 Å². The molecule has 0 aliphatic rings. The highest BCUT2D eigenvalue weighted by molar-refractivity contribution is 9.10. The molecule has 0 saturated carbocycles. The second kappa shape index (κ2) is 5.96. The van der Waals surface area contributed by atoms with Crippen LogP contribution in [0, 0.1) is 0 Å². The number of hydrogen-bond donors (Lipinski definition) is 2. The molecule has 118 valence electrons. The van der Waals surface area contributed by atoms with Gasteiger partial charge in [-0.1, -0.05) is 15.9 Å². The number of H-pyrrole nitrogens is 1. The van der Waals surface area contributed by atoms with E-state index >= 15 is 0 Å². The van der Waals surface area contributed by atoms with Gasteiger partial charge in [0.05, 0.1) is 18.2 Å². The Bertz CT molecular complexity index is 733. The molecule has 0 saturated heterocycles. The fraction of sp³-hybridized carbons (Fsp3) is 0.357. The minimum Gasteiger partial charge on any atom is -0.465 e. The Labute approximate surface area is 135 Å². The zero-order chi connectivity index (χ0) is 16.5. The summed E-state index contributed by atoms with van der Waals surface area (Å²) in [4.78, 5) is 30.7. The van der Waals surface area contributed by atoms with Crippen molar-refractivity contribution in [2.24, 2.45) is 0 Å². The summed E-state index contributed by atoms with van der Waals surface area (Å²) < 4.78 is 10.6. The fourth-order valence-electron chi connectivity index (χ4n) is 1.81. The molecular weight excluding hydrogens is 354 g/mol. The first kappa shape index (κ1) is 16.3. The quantitative estimate of drug-likeness (QED) is 0.790. The molecule has 2 rings (SSSR count). The summed E-state index contributed by atoms with van der Waals surface area (Å²) in [6.07, 6.45) is -0.634. The number of hydrogen-bond acceptors (Lipinski definition) is 5. The third-order valence-corrected chi connectivity index (χ3v) is 3.03. The number of carbonyl (C=O) groups is 2. The number of carbonyl (C=O) groups excluding carboxylic acids is 2. The van der Waals surface area contributed by atoms with Crippen molar-refractivity contribution in [3.63, 3.8) is 0 Å². The predicted molar refractivity (Wildman–Crippen MR) is 85.0 cm³/mol. The van der Waals surface area contributed by atoms with Gasteiger partial charge in [-0.25, -0.2) is 14.6 Å². The summed E-state index contributed by atoms with van der Waals surface area (Å²) in [5.41, 5.74) is 0.665. The molecule has 0 unspecified atom stereocenters. The van der Waals surface area contributed by atoms with Gasteiger partial charge in [0.15, 0.2) is 0 Å². The number of rotatable bonds is 2. The van der Waals surface area contributed by atoms with E-state index in [1.54, 1.807) is 32.9 Å². The molecule has 8 heteroatoms. The first-order valence-electron chi connectivity index (χ1n) is 6.47. The maximum atomic E-state index is 11.8. The van der Waals surface area contributed by atoms with E-state index in [0.29, 0.717) is 21.1 Å². The lowest BCUT2D eigenvalue weighted by molar-refractivity contribution is 0.0600. The number of esters is 1. The molecule has 0 fully saturated rings. The molecule has 2 N–H and O–H groups in total. The highest BCUT2D eigenvalue weighted by atomic mass is 79.9. The Kier molecular flexibility index (Phi) is 4.41. The van der Waals surface area contributed by atoms with Crippen LogP contribution in [0.3, 0.4) is 0 Å². The van der Waals surface area contributed by atoms with Crippen LogP contribution in [0.15, 0.2) is 16.6 Å². The first-order valence-corrected chi connectivity index (χ1v) is 7.26. The average molecular weight is 370 g/mol. The molecule has 1 aromatic heterocycles. The number of fused-ring (bicyclic) bond motifs is 1. The van der Waals surface area contributed by atoms with E-state index in [9.17, 15) is 9.59 Å². The number of ether oxygens (including phenoxy) is 2. The highest BCUT2D eigenvalue weighted by Gasteiger charge is 2.19. The second-order valence-electron chi connectivity index (χ2n) is 5.55. The summed E-state index contributed by atoms with van der Waals surface area (Å²) in [5.74, 6) is -0.325. The zero-order valence-electron chi connectivity index (χ0n) is 12.6. The Morgan fingerprint density at radius 2 is 2.00 bits per heavy atom. The van der Waals surface area contributed by atoms with Crippen LogP contribution in [0.2, 0.25) is 0 Å². The van der Waals surface area contributed by atoms with Gasteiger partial charge in [-0.2, -0.15) is 0 Å². The number of nitrogens with one attached hydrogen (secondary N) is 2. The maximum absolute atomic E-state index is 11.8. The summed E-state index contributed by atoms with van der Waals surface area (Å²) in [7, 11) is 1.29. The van der Waals surface area contributed by atoms with Gasteiger partial charge in [0.25, 0.3) is 0 Å². The standard InChI is InChI=1S/C14H16BrN3O4/c1-14(2,3)22-13(20)18-12-16-9-6-7(15)5-8(10(9)17-12)11(19)21-4/h5-6H,1-4H3,(H2,16,17,18,20). The normalized spacial score (nSPS) is 11.3.